The van der Waals surface area contributed by atoms with Gasteiger partial charge < -0.3 is 4.79 Å². The highest BCUT2D eigenvalue weighted by Crippen LogP contribution is 2.09. The van der Waals surface area contributed by atoms with Gasteiger partial charge in [0.1, 0.15) is 6.29 Å². The lowest BCUT2D eigenvalue weighted by atomic mass is 10.1. The van der Waals surface area contributed by atoms with Gasteiger partial charge in [0.15, 0.2) is 0 Å². The average molecular weight is 234 g/mol. The highest BCUT2D eigenvalue weighted by molar-refractivity contribution is 5.48. The van der Waals surface area contributed by atoms with E-state index in [1.165, 1.54) is 44.9 Å². The van der Waals surface area contributed by atoms with E-state index in [9.17, 15) is 4.79 Å². The largest absolute Gasteiger partial charge is 0.303 e. The predicted octanol–water partition coefficient (Wildman–Crippen LogP) is 4.99. The number of aldehydes is 1. The van der Waals surface area contributed by atoms with Crippen molar-refractivity contribution >= 4 is 6.29 Å². The van der Waals surface area contributed by atoms with Crippen molar-refractivity contribution in [1.29, 1.82) is 0 Å². The van der Waals surface area contributed by atoms with Crippen LogP contribution in [0.15, 0.2) is 37.0 Å². The van der Waals surface area contributed by atoms with Gasteiger partial charge in [0.25, 0.3) is 0 Å². The summed E-state index contributed by atoms with van der Waals surface area (Å²) in [6.07, 6.45) is 21.8. The van der Waals surface area contributed by atoms with Crippen LogP contribution in [0.3, 0.4) is 0 Å². The summed E-state index contributed by atoms with van der Waals surface area (Å²) < 4.78 is 0. The molecule has 0 N–H and O–H groups in total. The van der Waals surface area contributed by atoms with E-state index in [2.05, 4.69) is 18.7 Å². The van der Waals surface area contributed by atoms with Crippen molar-refractivity contribution in [3.8, 4) is 0 Å². The lowest BCUT2D eigenvalue weighted by molar-refractivity contribution is -0.107. The van der Waals surface area contributed by atoms with Gasteiger partial charge in [0.2, 0.25) is 0 Å². The van der Waals surface area contributed by atoms with Gasteiger partial charge in [-0.2, -0.15) is 0 Å². The van der Waals surface area contributed by atoms with Crippen LogP contribution in [0.25, 0.3) is 0 Å². The molecule has 0 aliphatic carbocycles. The number of hydrogen-bond donors (Lipinski definition) is 0. The molecule has 0 saturated heterocycles. The number of hydrogen-bond acceptors (Lipinski definition) is 1. The van der Waals surface area contributed by atoms with Crippen molar-refractivity contribution in [2.45, 2.75) is 57.8 Å². The minimum atomic E-state index is 0.739. The first-order chi connectivity index (χ1) is 8.41. The third-order valence-electron chi connectivity index (χ3n) is 2.69. The van der Waals surface area contributed by atoms with Crippen LogP contribution in [0, 0.1) is 0 Å². The van der Waals surface area contributed by atoms with Crippen LogP contribution in [0.4, 0.5) is 0 Å². The van der Waals surface area contributed by atoms with Crippen molar-refractivity contribution in [3.63, 3.8) is 0 Å². The molecule has 0 radical (unpaired) electrons. The molecule has 0 unspecified atom stereocenters. The molecule has 1 nitrogen and oxygen atoms in total. The molecular formula is C16H26O. The summed E-state index contributed by atoms with van der Waals surface area (Å²) in [5, 5.41) is 0. The van der Waals surface area contributed by atoms with Crippen LogP contribution in [-0.4, -0.2) is 6.29 Å². The molecule has 0 bridgehead atoms. The molecule has 0 heterocycles. The third-order valence-corrected chi connectivity index (χ3v) is 2.69. The molecule has 0 atom stereocenters. The van der Waals surface area contributed by atoms with Crippen LogP contribution in [0.2, 0.25) is 0 Å². The Bertz CT molecular complexity index is 226. The minimum Gasteiger partial charge on any atom is -0.303 e. The fourth-order valence-corrected chi connectivity index (χ4v) is 1.69. The quantitative estimate of drug-likeness (QED) is 0.264. The Morgan fingerprint density at radius 2 is 1.29 bits per heavy atom. The SMILES string of the molecule is C=CC=CC=CCCCCCCCCCC=O. The standard InChI is InChI=1S/C16H26O/c1-2-3-4-5-6-7-8-9-10-11-12-13-14-15-16-17/h2-6,16H,1,7-15H2. The zero-order valence-corrected chi connectivity index (χ0v) is 10.9. The zero-order valence-electron chi connectivity index (χ0n) is 10.9. The third kappa shape index (κ3) is 14.9. The normalized spacial score (nSPS) is 11.3. The van der Waals surface area contributed by atoms with E-state index in [4.69, 9.17) is 0 Å². The van der Waals surface area contributed by atoms with E-state index in [1.807, 2.05) is 12.2 Å². The zero-order chi connectivity index (χ0) is 12.6. The molecule has 0 aliphatic heterocycles. The molecule has 0 rings (SSSR count). The highest BCUT2D eigenvalue weighted by Gasteiger charge is 1.90. The molecule has 0 saturated carbocycles. The average Bonchev–Trinajstić information content (AvgIpc) is 2.35. The topological polar surface area (TPSA) is 17.1 Å². The van der Waals surface area contributed by atoms with Crippen LogP contribution < -0.4 is 0 Å². The van der Waals surface area contributed by atoms with Crippen molar-refractivity contribution in [3.05, 3.63) is 37.0 Å². The summed E-state index contributed by atoms with van der Waals surface area (Å²) in [6, 6.07) is 0. The number of carbonyl (C=O) groups is 1. The lowest BCUT2D eigenvalue weighted by Crippen LogP contribution is -1.81. The van der Waals surface area contributed by atoms with Crippen molar-refractivity contribution in [2.24, 2.45) is 0 Å². The minimum absolute atomic E-state index is 0.739. The van der Waals surface area contributed by atoms with Gasteiger partial charge in [-0.05, 0) is 19.3 Å². The Balaban J connectivity index is 3.08. The van der Waals surface area contributed by atoms with E-state index >= 15 is 0 Å². The molecule has 1 heteroatoms. The summed E-state index contributed by atoms with van der Waals surface area (Å²) in [5.41, 5.74) is 0. The Kier molecular flexibility index (Phi) is 13.9. The molecule has 0 aromatic rings. The summed E-state index contributed by atoms with van der Waals surface area (Å²) in [6.45, 7) is 3.62. The van der Waals surface area contributed by atoms with Gasteiger partial charge in [-0.15, -0.1) is 0 Å². The van der Waals surface area contributed by atoms with Gasteiger partial charge in [-0.1, -0.05) is 69.1 Å². The molecule has 0 aromatic carbocycles. The van der Waals surface area contributed by atoms with E-state index in [0.717, 1.165) is 19.1 Å². The van der Waals surface area contributed by atoms with Crippen molar-refractivity contribution < 1.29 is 4.79 Å². The maximum absolute atomic E-state index is 10.1. The van der Waals surface area contributed by atoms with Crippen LogP contribution >= 0.6 is 0 Å². The number of carbonyl (C=O) groups excluding carboxylic acids is 1. The lowest BCUT2D eigenvalue weighted by Gasteiger charge is -1.99. The molecule has 0 amide bonds. The maximum atomic E-state index is 10.1. The highest BCUT2D eigenvalue weighted by atomic mass is 16.1. The maximum Gasteiger partial charge on any atom is 0.119 e. The fourth-order valence-electron chi connectivity index (χ4n) is 1.69. The van der Waals surface area contributed by atoms with Crippen LogP contribution in [0.5, 0.6) is 0 Å². The molecule has 0 aliphatic rings. The predicted molar refractivity (Wildman–Crippen MR) is 76.1 cm³/mol. The summed E-state index contributed by atoms with van der Waals surface area (Å²) in [7, 11) is 0. The number of allylic oxidation sites excluding steroid dienone is 5. The Morgan fingerprint density at radius 3 is 1.88 bits per heavy atom. The molecule has 0 aromatic heterocycles. The summed E-state index contributed by atoms with van der Waals surface area (Å²) in [5.74, 6) is 0. The Morgan fingerprint density at radius 1 is 0.706 bits per heavy atom. The van der Waals surface area contributed by atoms with Gasteiger partial charge in [0, 0.05) is 6.42 Å². The Labute approximate surface area is 106 Å². The van der Waals surface area contributed by atoms with Crippen molar-refractivity contribution in [2.75, 3.05) is 0 Å². The molecular weight excluding hydrogens is 208 g/mol. The van der Waals surface area contributed by atoms with Gasteiger partial charge in [0.05, 0.1) is 0 Å². The number of rotatable bonds is 12. The van der Waals surface area contributed by atoms with Crippen molar-refractivity contribution in [1.82, 2.24) is 0 Å². The van der Waals surface area contributed by atoms with Gasteiger partial charge in [-0.3, -0.25) is 0 Å². The molecule has 17 heavy (non-hydrogen) atoms. The second-order valence-electron chi connectivity index (χ2n) is 4.27. The van der Waals surface area contributed by atoms with Gasteiger partial charge in [-0.25, -0.2) is 0 Å². The second kappa shape index (κ2) is 14.9. The summed E-state index contributed by atoms with van der Waals surface area (Å²) in [4.78, 5) is 10.1. The van der Waals surface area contributed by atoms with E-state index in [-0.39, 0.29) is 0 Å². The van der Waals surface area contributed by atoms with Crippen LogP contribution in [-0.2, 0) is 4.79 Å². The number of unbranched alkanes of at least 4 members (excludes halogenated alkanes) is 8. The smallest absolute Gasteiger partial charge is 0.119 e. The second-order valence-corrected chi connectivity index (χ2v) is 4.27. The first-order valence-corrected chi connectivity index (χ1v) is 6.79. The first kappa shape index (κ1) is 15.9. The Hall–Kier alpha value is -1.11. The summed E-state index contributed by atoms with van der Waals surface area (Å²) >= 11 is 0. The van der Waals surface area contributed by atoms with E-state index in [0.29, 0.717) is 0 Å². The molecule has 96 valence electrons. The first-order valence-electron chi connectivity index (χ1n) is 6.79. The van der Waals surface area contributed by atoms with Gasteiger partial charge >= 0.3 is 0 Å². The monoisotopic (exact) mass is 234 g/mol. The molecule has 0 spiro atoms. The van der Waals surface area contributed by atoms with E-state index < -0.39 is 0 Å². The van der Waals surface area contributed by atoms with E-state index in [1.54, 1.807) is 6.08 Å². The molecule has 0 fully saturated rings. The fraction of sp³-hybridized carbons (Fsp3) is 0.562. The van der Waals surface area contributed by atoms with Crippen LogP contribution in [0.1, 0.15) is 57.8 Å².